The Bertz CT molecular complexity index is 656. The molecule has 0 bridgehead atoms. The van der Waals surface area contributed by atoms with Crippen LogP contribution in [0.5, 0.6) is 0 Å². The number of carbonyl (C=O) groups excluding carboxylic acids is 1. The first-order valence-electron chi connectivity index (χ1n) is 5.90. The molecule has 2 rings (SSSR count). The lowest BCUT2D eigenvalue weighted by atomic mass is 10.0. The molecular weight excluding hydrogens is 248 g/mol. The van der Waals surface area contributed by atoms with E-state index in [-0.39, 0.29) is 18.4 Å². The van der Waals surface area contributed by atoms with E-state index < -0.39 is 5.76 Å². The van der Waals surface area contributed by atoms with E-state index in [1.165, 1.54) is 11.7 Å². The van der Waals surface area contributed by atoms with Gasteiger partial charge >= 0.3 is 11.7 Å². The van der Waals surface area contributed by atoms with Gasteiger partial charge in [0.1, 0.15) is 0 Å². The van der Waals surface area contributed by atoms with Gasteiger partial charge in [0.25, 0.3) is 0 Å². The first-order valence-corrected chi connectivity index (χ1v) is 5.90. The van der Waals surface area contributed by atoms with Crippen molar-refractivity contribution in [2.45, 2.75) is 12.5 Å². The molecule has 1 aromatic carbocycles. The van der Waals surface area contributed by atoms with Gasteiger partial charge in [-0.25, -0.2) is 4.79 Å². The smallest absolute Gasteiger partial charge is 0.419 e. The minimum absolute atomic E-state index is 0.178. The van der Waals surface area contributed by atoms with Gasteiger partial charge in [0, 0.05) is 13.1 Å². The number of methoxy groups -OCH3 is 1. The Balaban J connectivity index is 2.38. The zero-order chi connectivity index (χ0) is 14.0. The lowest BCUT2D eigenvalue weighted by Crippen LogP contribution is -2.20. The van der Waals surface area contributed by atoms with Crippen LogP contribution in [0.3, 0.4) is 0 Å². The van der Waals surface area contributed by atoms with Crippen molar-refractivity contribution in [2.75, 3.05) is 14.2 Å². The van der Waals surface area contributed by atoms with E-state index in [2.05, 4.69) is 10.1 Å². The summed E-state index contributed by atoms with van der Waals surface area (Å²) in [4.78, 5) is 22.8. The largest absolute Gasteiger partial charge is 0.469 e. The molecular formula is C13H16N2O4. The average molecular weight is 264 g/mol. The van der Waals surface area contributed by atoms with Crippen LogP contribution >= 0.6 is 0 Å². The third-order valence-electron chi connectivity index (χ3n) is 3.17. The lowest BCUT2D eigenvalue weighted by Gasteiger charge is -2.15. The summed E-state index contributed by atoms with van der Waals surface area (Å²) in [7, 11) is 4.77. The van der Waals surface area contributed by atoms with E-state index in [0.29, 0.717) is 5.58 Å². The Morgan fingerprint density at radius 3 is 2.89 bits per heavy atom. The van der Waals surface area contributed by atoms with Crippen molar-refractivity contribution in [2.24, 2.45) is 7.05 Å². The summed E-state index contributed by atoms with van der Waals surface area (Å²) in [6.45, 7) is 0. The Kier molecular flexibility index (Phi) is 3.71. The highest BCUT2D eigenvalue weighted by Crippen LogP contribution is 2.21. The molecule has 1 N–H and O–H groups in total. The zero-order valence-corrected chi connectivity index (χ0v) is 11.1. The van der Waals surface area contributed by atoms with E-state index in [9.17, 15) is 9.59 Å². The monoisotopic (exact) mass is 264 g/mol. The molecule has 0 radical (unpaired) electrons. The van der Waals surface area contributed by atoms with Crippen LogP contribution in [0, 0.1) is 0 Å². The number of nitrogens with zero attached hydrogens (tertiary/aromatic N) is 1. The number of hydrogen-bond acceptors (Lipinski definition) is 5. The molecule has 1 atom stereocenters. The fourth-order valence-corrected chi connectivity index (χ4v) is 2.00. The SMILES string of the molecule is CNC(CC(=O)OC)c1ccc2c(c1)oc(=O)n2C. The molecule has 0 saturated carbocycles. The van der Waals surface area contributed by atoms with Crippen molar-refractivity contribution in [1.29, 1.82) is 0 Å². The summed E-state index contributed by atoms with van der Waals surface area (Å²) >= 11 is 0. The van der Waals surface area contributed by atoms with Crippen molar-refractivity contribution in [1.82, 2.24) is 9.88 Å². The molecule has 19 heavy (non-hydrogen) atoms. The number of aromatic nitrogens is 1. The van der Waals surface area contributed by atoms with Gasteiger partial charge in [-0.15, -0.1) is 0 Å². The molecule has 1 unspecified atom stereocenters. The van der Waals surface area contributed by atoms with Crippen LogP contribution in [0.2, 0.25) is 0 Å². The van der Waals surface area contributed by atoms with Crippen LogP contribution in [0.4, 0.5) is 0 Å². The van der Waals surface area contributed by atoms with E-state index in [1.807, 2.05) is 6.07 Å². The molecule has 6 nitrogen and oxygen atoms in total. The van der Waals surface area contributed by atoms with Crippen molar-refractivity contribution in [3.63, 3.8) is 0 Å². The molecule has 0 fully saturated rings. The first-order chi connectivity index (χ1) is 9.06. The number of benzene rings is 1. The summed E-state index contributed by atoms with van der Waals surface area (Å²) in [5, 5.41) is 3.04. The zero-order valence-electron chi connectivity index (χ0n) is 11.1. The topological polar surface area (TPSA) is 73.5 Å². The second-order valence-electron chi connectivity index (χ2n) is 4.28. The highest BCUT2D eigenvalue weighted by atomic mass is 16.5. The van der Waals surface area contributed by atoms with Crippen LogP contribution in [-0.4, -0.2) is 24.7 Å². The van der Waals surface area contributed by atoms with Gasteiger partial charge < -0.3 is 14.5 Å². The molecule has 0 saturated heterocycles. The maximum absolute atomic E-state index is 11.4. The van der Waals surface area contributed by atoms with Gasteiger partial charge in [-0.2, -0.15) is 0 Å². The normalized spacial score (nSPS) is 12.6. The molecule has 6 heteroatoms. The second kappa shape index (κ2) is 5.27. The minimum Gasteiger partial charge on any atom is -0.469 e. The minimum atomic E-state index is -0.402. The number of fused-ring (bicyclic) bond motifs is 1. The highest BCUT2D eigenvalue weighted by molar-refractivity contribution is 5.75. The van der Waals surface area contributed by atoms with Crippen LogP contribution in [0.15, 0.2) is 27.4 Å². The molecule has 1 aromatic heterocycles. The number of oxazole rings is 1. The number of rotatable bonds is 4. The highest BCUT2D eigenvalue weighted by Gasteiger charge is 2.16. The molecule has 0 aliphatic carbocycles. The Morgan fingerprint density at radius 2 is 2.26 bits per heavy atom. The predicted octanol–water partition coefficient (Wildman–Crippen LogP) is 0.955. The third kappa shape index (κ3) is 2.53. The second-order valence-corrected chi connectivity index (χ2v) is 4.28. The molecule has 0 spiro atoms. The lowest BCUT2D eigenvalue weighted by molar-refractivity contribution is -0.141. The van der Waals surface area contributed by atoms with Crippen LogP contribution in [0.1, 0.15) is 18.0 Å². The number of hydrogen-bond donors (Lipinski definition) is 1. The maximum atomic E-state index is 11.4. The molecule has 0 aliphatic rings. The number of aryl methyl sites for hydroxylation is 1. The van der Waals surface area contributed by atoms with Gasteiger partial charge in [0.05, 0.1) is 19.0 Å². The van der Waals surface area contributed by atoms with Crippen LogP contribution in [0.25, 0.3) is 11.1 Å². The Labute approximate surface area is 110 Å². The average Bonchev–Trinajstić information content (AvgIpc) is 2.70. The maximum Gasteiger partial charge on any atom is 0.419 e. The fraction of sp³-hybridized carbons (Fsp3) is 0.385. The van der Waals surface area contributed by atoms with Crippen molar-refractivity contribution >= 4 is 17.1 Å². The molecule has 2 aromatic rings. The molecule has 0 aliphatic heterocycles. The summed E-state index contributed by atoms with van der Waals surface area (Å²) in [6, 6.07) is 5.25. The predicted molar refractivity (Wildman–Crippen MR) is 69.9 cm³/mol. The number of nitrogens with one attached hydrogen (secondary N) is 1. The molecule has 102 valence electrons. The summed E-state index contributed by atoms with van der Waals surface area (Å²) < 4.78 is 11.2. The molecule has 0 amide bonds. The standard InChI is InChI=1S/C13H16N2O4/c1-14-9(7-12(16)18-3)8-4-5-10-11(6-8)19-13(17)15(10)2/h4-6,9,14H,7H2,1-3H3. The fourth-order valence-electron chi connectivity index (χ4n) is 2.00. The number of esters is 1. The first kappa shape index (κ1) is 13.4. The summed E-state index contributed by atoms with van der Waals surface area (Å²) in [5.41, 5.74) is 2.10. The van der Waals surface area contributed by atoms with Crippen LogP contribution in [-0.2, 0) is 16.6 Å². The van der Waals surface area contributed by atoms with Crippen molar-refractivity contribution in [3.8, 4) is 0 Å². The van der Waals surface area contributed by atoms with Gasteiger partial charge in [-0.3, -0.25) is 9.36 Å². The van der Waals surface area contributed by atoms with Crippen LogP contribution < -0.4 is 11.1 Å². The van der Waals surface area contributed by atoms with E-state index >= 15 is 0 Å². The van der Waals surface area contributed by atoms with Crippen molar-refractivity contribution < 1.29 is 13.9 Å². The Morgan fingerprint density at radius 1 is 1.53 bits per heavy atom. The number of carbonyl (C=O) groups is 1. The van der Waals surface area contributed by atoms with Crippen molar-refractivity contribution in [3.05, 3.63) is 34.3 Å². The van der Waals surface area contributed by atoms with E-state index in [1.54, 1.807) is 26.2 Å². The number of ether oxygens (including phenoxy) is 1. The Hall–Kier alpha value is -2.08. The van der Waals surface area contributed by atoms with Gasteiger partial charge in [-0.1, -0.05) is 6.07 Å². The summed E-state index contributed by atoms with van der Waals surface area (Å²) in [5.74, 6) is -0.699. The summed E-state index contributed by atoms with van der Waals surface area (Å²) in [6.07, 6.45) is 0.218. The third-order valence-corrected chi connectivity index (χ3v) is 3.17. The van der Waals surface area contributed by atoms with Gasteiger partial charge in [0.2, 0.25) is 0 Å². The van der Waals surface area contributed by atoms with Gasteiger partial charge in [-0.05, 0) is 24.7 Å². The van der Waals surface area contributed by atoms with E-state index in [4.69, 9.17) is 4.42 Å². The van der Waals surface area contributed by atoms with E-state index in [0.717, 1.165) is 11.1 Å². The quantitative estimate of drug-likeness (QED) is 0.832. The molecule has 1 heterocycles. The van der Waals surface area contributed by atoms with Gasteiger partial charge in [0.15, 0.2) is 5.58 Å².